The quantitative estimate of drug-likeness (QED) is 0.622. The fraction of sp³-hybridized carbons (Fsp3) is 0.700. The van der Waals surface area contributed by atoms with E-state index >= 15 is 0 Å². The summed E-state index contributed by atoms with van der Waals surface area (Å²) in [5.74, 6) is -0.471. The van der Waals surface area contributed by atoms with Crippen molar-refractivity contribution in [2.24, 2.45) is 5.92 Å². The van der Waals surface area contributed by atoms with Gasteiger partial charge in [-0.05, 0) is 19.3 Å². The van der Waals surface area contributed by atoms with E-state index in [-0.39, 0.29) is 12.3 Å². The van der Waals surface area contributed by atoms with Gasteiger partial charge < -0.3 is 5.11 Å². The molecule has 0 radical (unpaired) electrons. The lowest BCUT2D eigenvalue weighted by Crippen LogP contribution is -2.05. The normalized spacial score (nSPS) is 13.5. The summed E-state index contributed by atoms with van der Waals surface area (Å²) in [6, 6.07) is 0. The van der Waals surface area contributed by atoms with E-state index in [1.54, 1.807) is 0 Å². The van der Waals surface area contributed by atoms with Crippen LogP contribution in [0.5, 0.6) is 0 Å². The van der Waals surface area contributed by atoms with Crippen molar-refractivity contribution in [1.29, 1.82) is 0 Å². The van der Waals surface area contributed by atoms with Crippen molar-refractivity contribution in [3.63, 3.8) is 0 Å². The molecule has 0 spiro atoms. The van der Waals surface area contributed by atoms with E-state index < -0.39 is 5.97 Å². The fourth-order valence-corrected chi connectivity index (χ4v) is 1.23. The third-order valence-corrected chi connectivity index (χ3v) is 1.83. The summed E-state index contributed by atoms with van der Waals surface area (Å²) in [4.78, 5) is 10.4. The highest BCUT2D eigenvalue weighted by Crippen LogP contribution is 2.14. The number of carboxylic acids is 1. The summed E-state index contributed by atoms with van der Waals surface area (Å²) < 4.78 is 0. The van der Waals surface area contributed by atoms with E-state index in [2.05, 4.69) is 6.92 Å². The first kappa shape index (κ1) is 11.2. The predicted octanol–water partition coefficient (Wildman–Crippen LogP) is 2.84. The van der Waals surface area contributed by atoms with Crippen LogP contribution in [-0.4, -0.2) is 11.1 Å². The van der Waals surface area contributed by atoms with E-state index in [4.69, 9.17) is 5.11 Å². The monoisotopic (exact) mass is 170 g/mol. The molecule has 1 N–H and O–H groups in total. The Hall–Kier alpha value is -0.790. The summed E-state index contributed by atoms with van der Waals surface area (Å²) in [6.45, 7) is 4.05. The molecule has 0 rings (SSSR count). The molecule has 0 aliphatic heterocycles. The molecule has 0 aliphatic carbocycles. The molecule has 0 bridgehead atoms. The molecule has 0 aromatic carbocycles. The molecule has 0 saturated heterocycles. The van der Waals surface area contributed by atoms with Crippen LogP contribution < -0.4 is 0 Å². The van der Waals surface area contributed by atoms with Crippen molar-refractivity contribution in [3.05, 3.63) is 12.2 Å². The number of unbranched alkanes of at least 4 members (excludes halogenated alkanes) is 1. The van der Waals surface area contributed by atoms with Crippen LogP contribution >= 0.6 is 0 Å². The molecule has 1 atom stereocenters. The summed E-state index contributed by atoms with van der Waals surface area (Å²) in [6.07, 6.45) is 7.43. The Morgan fingerprint density at radius 3 is 2.67 bits per heavy atom. The van der Waals surface area contributed by atoms with Gasteiger partial charge >= 0.3 is 5.97 Å². The Morgan fingerprint density at radius 1 is 1.58 bits per heavy atom. The number of carbonyl (C=O) groups is 1. The maximum atomic E-state index is 10.4. The van der Waals surface area contributed by atoms with E-state index in [1.807, 2.05) is 19.1 Å². The summed E-state index contributed by atoms with van der Waals surface area (Å²) >= 11 is 0. The highest BCUT2D eigenvalue weighted by Gasteiger charge is 2.08. The van der Waals surface area contributed by atoms with Gasteiger partial charge in [-0.25, -0.2) is 0 Å². The van der Waals surface area contributed by atoms with E-state index in [1.165, 1.54) is 0 Å². The van der Waals surface area contributed by atoms with Crippen LogP contribution in [0, 0.1) is 5.92 Å². The third kappa shape index (κ3) is 5.96. The number of hydrogen-bond acceptors (Lipinski definition) is 1. The van der Waals surface area contributed by atoms with Crippen molar-refractivity contribution < 1.29 is 9.90 Å². The topological polar surface area (TPSA) is 37.3 Å². The molecule has 0 unspecified atom stereocenters. The molecular weight excluding hydrogens is 152 g/mol. The van der Waals surface area contributed by atoms with Gasteiger partial charge in [0.25, 0.3) is 0 Å². The lowest BCUT2D eigenvalue weighted by Gasteiger charge is -2.07. The van der Waals surface area contributed by atoms with E-state index in [0.29, 0.717) is 0 Å². The number of allylic oxidation sites excluding steroid dienone is 2. The van der Waals surface area contributed by atoms with Gasteiger partial charge in [-0.2, -0.15) is 0 Å². The number of aliphatic carboxylic acids is 1. The zero-order valence-electron chi connectivity index (χ0n) is 7.92. The van der Waals surface area contributed by atoms with Gasteiger partial charge in [0.15, 0.2) is 0 Å². The second-order valence-corrected chi connectivity index (χ2v) is 3.03. The molecule has 0 aromatic heterocycles. The molecular formula is C10H18O2. The zero-order chi connectivity index (χ0) is 9.40. The van der Waals surface area contributed by atoms with Gasteiger partial charge in [-0.15, -0.1) is 0 Å². The Bertz CT molecular complexity index is 150. The Kier molecular flexibility index (Phi) is 6.44. The average Bonchev–Trinajstić information content (AvgIpc) is 2.00. The van der Waals surface area contributed by atoms with Crippen LogP contribution in [0.15, 0.2) is 12.2 Å². The van der Waals surface area contributed by atoms with Crippen molar-refractivity contribution in [2.75, 3.05) is 0 Å². The minimum atomic E-state index is -0.700. The smallest absolute Gasteiger partial charge is 0.303 e. The van der Waals surface area contributed by atoms with Crippen LogP contribution in [0.1, 0.15) is 39.5 Å². The lowest BCUT2D eigenvalue weighted by molar-refractivity contribution is -0.137. The summed E-state index contributed by atoms with van der Waals surface area (Å²) in [5.41, 5.74) is 0. The van der Waals surface area contributed by atoms with E-state index in [9.17, 15) is 4.79 Å². The van der Waals surface area contributed by atoms with Crippen LogP contribution in [0.3, 0.4) is 0 Å². The first-order valence-corrected chi connectivity index (χ1v) is 4.55. The molecule has 0 aromatic rings. The number of carboxylic acid groups (broad SMARTS) is 1. The van der Waals surface area contributed by atoms with Gasteiger partial charge in [0.05, 0.1) is 6.42 Å². The van der Waals surface area contributed by atoms with Gasteiger partial charge in [0.2, 0.25) is 0 Å². The molecule has 0 amide bonds. The Balaban J connectivity index is 3.77. The largest absolute Gasteiger partial charge is 0.481 e. The first-order chi connectivity index (χ1) is 5.70. The van der Waals surface area contributed by atoms with Gasteiger partial charge in [-0.1, -0.05) is 31.9 Å². The van der Waals surface area contributed by atoms with Crippen LogP contribution in [0.2, 0.25) is 0 Å². The van der Waals surface area contributed by atoms with Crippen LogP contribution in [0.4, 0.5) is 0 Å². The second kappa shape index (κ2) is 6.89. The van der Waals surface area contributed by atoms with Gasteiger partial charge in [0.1, 0.15) is 0 Å². The molecule has 2 nitrogen and oxygen atoms in total. The minimum absolute atomic E-state index is 0.229. The number of hydrogen-bond donors (Lipinski definition) is 1. The molecule has 2 heteroatoms. The minimum Gasteiger partial charge on any atom is -0.481 e. The average molecular weight is 170 g/mol. The lowest BCUT2D eigenvalue weighted by atomic mass is 9.98. The molecule has 0 saturated carbocycles. The van der Waals surface area contributed by atoms with Gasteiger partial charge in [0, 0.05) is 0 Å². The highest BCUT2D eigenvalue weighted by molar-refractivity contribution is 5.67. The summed E-state index contributed by atoms with van der Waals surface area (Å²) in [7, 11) is 0. The standard InChI is InChI=1S/C10H18O2/c1-3-5-7-9(6-4-2)8-10(11)12/h4,6,9H,3,5,7-8H2,1-2H3,(H,11,12)/b6-4+/t9-/m0/s1. The van der Waals surface area contributed by atoms with E-state index in [0.717, 1.165) is 19.3 Å². The van der Waals surface area contributed by atoms with Crippen LogP contribution in [-0.2, 0) is 4.79 Å². The molecule has 12 heavy (non-hydrogen) atoms. The first-order valence-electron chi connectivity index (χ1n) is 4.55. The SMILES string of the molecule is C/C=C/[C@@H](CCCC)CC(=O)O. The molecule has 0 fully saturated rings. The zero-order valence-corrected chi connectivity index (χ0v) is 7.92. The summed E-state index contributed by atoms with van der Waals surface area (Å²) in [5, 5.41) is 8.58. The highest BCUT2D eigenvalue weighted by atomic mass is 16.4. The Morgan fingerprint density at radius 2 is 2.25 bits per heavy atom. The molecule has 0 heterocycles. The molecule has 0 aliphatic rings. The van der Waals surface area contributed by atoms with Crippen molar-refractivity contribution in [3.8, 4) is 0 Å². The maximum absolute atomic E-state index is 10.4. The molecule has 70 valence electrons. The fourth-order valence-electron chi connectivity index (χ4n) is 1.23. The third-order valence-electron chi connectivity index (χ3n) is 1.83. The maximum Gasteiger partial charge on any atom is 0.303 e. The van der Waals surface area contributed by atoms with Crippen molar-refractivity contribution >= 4 is 5.97 Å². The number of rotatable bonds is 6. The van der Waals surface area contributed by atoms with Crippen LogP contribution in [0.25, 0.3) is 0 Å². The van der Waals surface area contributed by atoms with Gasteiger partial charge in [-0.3, -0.25) is 4.79 Å². The second-order valence-electron chi connectivity index (χ2n) is 3.03. The Labute approximate surface area is 74.3 Å². The predicted molar refractivity (Wildman–Crippen MR) is 50.1 cm³/mol. The van der Waals surface area contributed by atoms with Crippen molar-refractivity contribution in [1.82, 2.24) is 0 Å². The van der Waals surface area contributed by atoms with Crippen molar-refractivity contribution in [2.45, 2.75) is 39.5 Å².